The van der Waals surface area contributed by atoms with Gasteiger partial charge in [0.25, 0.3) is 5.56 Å². The summed E-state index contributed by atoms with van der Waals surface area (Å²) in [5.41, 5.74) is -0.541. The summed E-state index contributed by atoms with van der Waals surface area (Å²) in [4.78, 5) is 35.5. The highest BCUT2D eigenvalue weighted by Gasteiger charge is 2.22. The number of nitrogens with zero attached hydrogens (tertiary/aromatic N) is 2. The number of carbonyl (C=O) groups excluding carboxylic acids is 2. The van der Waals surface area contributed by atoms with E-state index in [0.29, 0.717) is 6.42 Å². The molecule has 1 aromatic rings. The third-order valence-electron chi connectivity index (χ3n) is 3.86. The van der Waals surface area contributed by atoms with E-state index in [1.165, 1.54) is 10.4 Å². The number of rotatable bonds is 8. The fraction of sp³-hybridized carbons (Fsp3) is 0.562. The van der Waals surface area contributed by atoms with Gasteiger partial charge in [-0.05, 0) is 19.4 Å². The first-order chi connectivity index (χ1) is 12.1. The number of amides is 3. The minimum Gasteiger partial charge on any atom is -0.335 e. The Bertz CT molecular complexity index is 799. The molecule has 0 radical (unpaired) electrons. The molecule has 10 heteroatoms. The molecular weight excluding hydrogens is 360 g/mol. The van der Waals surface area contributed by atoms with Crippen LogP contribution in [0.25, 0.3) is 0 Å². The van der Waals surface area contributed by atoms with Gasteiger partial charge in [-0.2, -0.15) is 4.31 Å². The molecule has 0 saturated carbocycles. The van der Waals surface area contributed by atoms with Crippen LogP contribution in [0.1, 0.15) is 34.1 Å². The second kappa shape index (κ2) is 9.48. The molecule has 0 saturated heterocycles. The molecule has 1 aromatic heterocycles. The van der Waals surface area contributed by atoms with Crippen molar-refractivity contribution in [1.29, 1.82) is 0 Å². The predicted molar refractivity (Wildman–Crippen MR) is 97.2 cm³/mol. The third kappa shape index (κ3) is 5.67. The summed E-state index contributed by atoms with van der Waals surface area (Å²) in [7, 11) is -3.76. The van der Waals surface area contributed by atoms with Crippen molar-refractivity contribution in [2.24, 2.45) is 0 Å². The molecule has 0 fully saturated rings. The molecule has 1 heterocycles. The van der Waals surface area contributed by atoms with Crippen LogP contribution < -0.4 is 16.2 Å². The number of hydrogen-bond acceptors (Lipinski definition) is 5. The maximum atomic E-state index is 12.5. The summed E-state index contributed by atoms with van der Waals surface area (Å²) in [5.74, 6) is -0.717. The van der Waals surface area contributed by atoms with Gasteiger partial charge in [-0.1, -0.05) is 20.8 Å². The molecule has 26 heavy (non-hydrogen) atoms. The lowest BCUT2D eigenvalue weighted by Crippen LogP contribution is -2.45. The quantitative estimate of drug-likeness (QED) is 0.675. The van der Waals surface area contributed by atoms with Gasteiger partial charge in [0.2, 0.25) is 15.9 Å². The molecule has 0 aliphatic heterocycles. The van der Waals surface area contributed by atoms with Crippen molar-refractivity contribution >= 4 is 22.0 Å². The zero-order valence-corrected chi connectivity index (χ0v) is 16.3. The SMILES string of the molecule is CC[C@@H](C)NC(=O)NC(=O)Cn1cc(S(=O)(=O)N(CC)CC)ccc1=O. The number of sulfonamides is 1. The fourth-order valence-electron chi connectivity index (χ4n) is 2.18. The lowest BCUT2D eigenvalue weighted by molar-refractivity contribution is -0.120. The Balaban J connectivity index is 2.96. The highest BCUT2D eigenvalue weighted by molar-refractivity contribution is 7.89. The summed E-state index contributed by atoms with van der Waals surface area (Å²) in [6.45, 7) is 7.20. The van der Waals surface area contributed by atoms with E-state index in [-0.39, 0.29) is 24.0 Å². The Morgan fingerprint density at radius 3 is 2.35 bits per heavy atom. The minimum absolute atomic E-state index is 0.0855. The number of pyridine rings is 1. The maximum Gasteiger partial charge on any atom is 0.321 e. The van der Waals surface area contributed by atoms with Gasteiger partial charge in [0.05, 0.1) is 4.90 Å². The Labute approximate surface area is 153 Å². The normalized spacial score (nSPS) is 12.7. The highest BCUT2D eigenvalue weighted by Crippen LogP contribution is 2.13. The van der Waals surface area contributed by atoms with Gasteiger partial charge in [-0.3, -0.25) is 14.9 Å². The summed E-state index contributed by atoms with van der Waals surface area (Å²) in [6, 6.07) is 1.53. The first-order valence-corrected chi connectivity index (χ1v) is 9.90. The molecule has 1 rings (SSSR count). The van der Waals surface area contributed by atoms with Gasteiger partial charge in [0.1, 0.15) is 6.54 Å². The molecule has 9 nitrogen and oxygen atoms in total. The van der Waals surface area contributed by atoms with Crippen molar-refractivity contribution in [2.45, 2.75) is 51.6 Å². The van der Waals surface area contributed by atoms with Crippen LogP contribution >= 0.6 is 0 Å². The van der Waals surface area contributed by atoms with Crippen molar-refractivity contribution in [1.82, 2.24) is 19.5 Å². The number of aromatic nitrogens is 1. The van der Waals surface area contributed by atoms with Crippen LogP contribution in [0.5, 0.6) is 0 Å². The molecule has 0 bridgehead atoms. The van der Waals surface area contributed by atoms with Gasteiger partial charge in [0, 0.05) is 31.4 Å². The second-order valence-corrected chi connectivity index (χ2v) is 7.69. The van der Waals surface area contributed by atoms with Crippen LogP contribution in [-0.2, 0) is 21.4 Å². The van der Waals surface area contributed by atoms with E-state index in [0.717, 1.165) is 16.8 Å². The van der Waals surface area contributed by atoms with Crippen molar-refractivity contribution in [2.75, 3.05) is 13.1 Å². The van der Waals surface area contributed by atoms with Gasteiger partial charge < -0.3 is 9.88 Å². The van der Waals surface area contributed by atoms with E-state index < -0.39 is 34.1 Å². The molecule has 146 valence electrons. The Kier molecular flexibility index (Phi) is 7.97. The number of urea groups is 1. The number of nitrogens with one attached hydrogen (secondary N) is 2. The minimum atomic E-state index is -3.76. The zero-order valence-electron chi connectivity index (χ0n) is 15.5. The summed E-state index contributed by atoms with van der Waals surface area (Å²) < 4.78 is 27.3. The van der Waals surface area contributed by atoms with Crippen molar-refractivity contribution in [3.8, 4) is 0 Å². The summed E-state index contributed by atoms with van der Waals surface area (Å²) >= 11 is 0. The number of carbonyl (C=O) groups is 2. The van der Waals surface area contributed by atoms with Crippen LogP contribution in [0.4, 0.5) is 4.79 Å². The Hall–Kier alpha value is -2.20. The molecule has 0 aliphatic rings. The molecule has 0 spiro atoms. The largest absolute Gasteiger partial charge is 0.335 e. The lowest BCUT2D eigenvalue weighted by Gasteiger charge is -2.19. The van der Waals surface area contributed by atoms with Gasteiger partial charge in [0.15, 0.2) is 0 Å². The Morgan fingerprint density at radius 1 is 1.19 bits per heavy atom. The lowest BCUT2D eigenvalue weighted by atomic mass is 10.3. The van der Waals surface area contributed by atoms with Crippen molar-refractivity contribution < 1.29 is 18.0 Å². The van der Waals surface area contributed by atoms with E-state index in [2.05, 4.69) is 10.6 Å². The van der Waals surface area contributed by atoms with E-state index >= 15 is 0 Å². The summed E-state index contributed by atoms with van der Waals surface area (Å²) in [6.07, 6.45) is 1.81. The van der Waals surface area contributed by atoms with Gasteiger partial charge in [-0.25, -0.2) is 13.2 Å². The van der Waals surface area contributed by atoms with E-state index in [1.54, 1.807) is 20.8 Å². The topological polar surface area (TPSA) is 118 Å². The first-order valence-electron chi connectivity index (χ1n) is 8.46. The van der Waals surface area contributed by atoms with Crippen LogP contribution in [0, 0.1) is 0 Å². The summed E-state index contributed by atoms with van der Waals surface area (Å²) in [5, 5.41) is 4.68. The molecular formula is C16H26N4O5S. The van der Waals surface area contributed by atoms with Crippen LogP contribution in [-0.4, -0.2) is 48.4 Å². The van der Waals surface area contributed by atoms with Crippen LogP contribution in [0.3, 0.4) is 0 Å². The average molecular weight is 386 g/mol. The average Bonchev–Trinajstić information content (AvgIpc) is 2.57. The molecule has 2 N–H and O–H groups in total. The highest BCUT2D eigenvalue weighted by atomic mass is 32.2. The smallest absolute Gasteiger partial charge is 0.321 e. The van der Waals surface area contributed by atoms with E-state index in [1.807, 2.05) is 6.92 Å². The van der Waals surface area contributed by atoms with Crippen LogP contribution in [0.15, 0.2) is 28.0 Å². The zero-order chi connectivity index (χ0) is 19.9. The monoisotopic (exact) mass is 386 g/mol. The van der Waals surface area contributed by atoms with Crippen LogP contribution in [0.2, 0.25) is 0 Å². The fourth-order valence-corrected chi connectivity index (χ4v) is 3.66. The first kappa shape index (κ1) is 21.8. The number of imide groups is 1. The van der Waals surface area contributed by atoms with Gasteiger partial charge in [-0.15, -0.1) is 0 Å². The molecule has 0 unspecified atom stereocenters. The van der Waals surface area contributed by atoms with Crippen molar-refractivity contribution in [3.05, 3.63) is 28.7 Å². The molecule has 1 atom stereocenters. The van der Waals surface area contributed by atoms with E-state index in [4.69, 9.17) is 0 Å². The standard InChI is InChI=1S/C16H26N4O5S/c1-5-12(4)17-16(23)18-14(21)11-19-10-13(8-9-15(19)22)26(24,25)20(6-2)7-3/h8-10,12H,5-7,11H2,1-4H3,(H2,17,18,21,23)/t12-/m1/s1. The Morgan fingerprint density at radius 2 is 1.81 bits per heavy atom. The number of hydrogen-bond donors (Lipinski definition) is 2. The molecule has 0 aliphatic carbocycles. The molecule has 0 aromatic carbocycles. The second-order valence-electron chi connectivity index (χ2n) is 5.75. The molecule has 3 amide bonds. The van der Waals surface area contributed by atoms with Gasteiger partial charge >= 0.3 is 6.03 Å². The van der Waals surface area contributed by atoms with E-state index in [9.17, 15) is 22.8 Å². The predicted octanol–water partition coefficient (Wildman–Crippen LogP) is 0.503. The third-order valence-corrected chi connectivity index (χ3v) is 5.89. The maximum absolute atomic E-state index is 12.5. The van der Waals surface area contributed by atoms with Crippen molar-refractivity contribution in [3.63, 3.8) is 0 Å².